The van der Waals surface area contributed by atoms with E-state index in [0.29, 0.717) is 40.6 Å². The Labute approximate surface area is 183 Å². The van der Waals surface area contributed by atoms with Crippen molar-refractivity contribution in [1.29, 1.82) is 0 Å². The van der Waals surface area contributed by atoms with Gasteiger partial charge in [-0.25, -0.2) is 9.50 Å². The predicted molar refractivity (Wildman–Crippen MR) is 117 cm³/mol. The Hall–Kier alpha value is -4.14. The number of benzene rings is 1. The van der Waals surface area contributed by atoms with Gasteiger partial charge in [-0.05, 0) is 29.8 Å². The Morgan fingerprint density at radius 1 is 1.09 bits per heavy atom. The van der Waals surface area contributed by atoms with E-state index in [9.17, 15) is 9.59 Å². The van der Waals surface area contributed by atoms with Crippen LogP contribution in [0.1, 0.15) is 16.8 Å². The molecule has 9 heteroatoms. The smallest absolute Gasteiger partial charge is 0.278 e. The van der Waals surface area contributed by atoms with E-state index in [1.54, 1.807) is 43.5 Å². The molecule has 1 N–H and O–H groups in total. The average Bonchev–Trinajstić information content (AvgIpc) is 3.45. The van der Waals surface area contributed by atoms with Gasteiger partial charge in [0.05, 0.1) is 56.4 Å². The van der Waals surface area contributed by atoms with Crippen LogP contribution < -0.4 is 15.0 Å². The molecule has 0 fully saturated rings. The maximum atomic E-state index is 13.0. The van der Waals surface area contributed by atoms with Crippen LogP contribution in [0.2, 0.25) is 0 Å². The maximum Gasteiger partial charge on any atom is 0.278 e. The predicted octanol–water partition coefficient (Wildman–Crippen LogP) is 2.19. The first kappa shape index (κ1) is 19.8. The standard InChI is InChI=1S/C23H21N5O4/c1-31-19-7-6-14(9-20(19)32-2)10-22(29)27-12-15-18(13-27)25-21-11-17(26-28(21)23(15)30)16-5-3-4-8-24-16/h3-9,11,26H,10,12-13H2,1-2H3. The number of H-pyrrole nitrogens is 1. The zero-order chi connectivity index (χ0) is 22.2. The molecular formula is C23H21N5O4. The lowest BCUT2D eigenvalue weighted by Gasteiger charge is -2.15. The van der Waals surface area contributed by atoms with E-state index in [1.165, 1.54) is 4.52 Å². The van der Waals surface area contributed by atoms with E-state index < -0.39 is 0 Å². The van der Waals surface area contributed by atoms with Crippen molar-refractivity contribution in [3.8, 4) is 22.9 Å². The average molecular weight is 431 g/mol. The van der Waals surface area contributed by atoms with Crippen molar-refractivity contribution in [2.24, 2.45) is 0 Å². The zero-order valence-corrected chi connectivity index (χ0v) is 17.7. The molecule has 1 aliphatic rings. The number of amides is 1. The normalized spacial score (nSPS) is 12.8. The van der Waals surface area contributed by atoms with Crippen molar-refractivity contribution >= 4 is 11.6 Å². The molecule has 1 aliphatic heterocycles. The van der Waals surface area contributed by atoms with Crippen LogP contribution in [0.15, 0.2) is 53.5 Å². The van der Waals surface area contributed by atoms with Gasteiger partial charge in [-0.1, -0.05) is 12.1 Å². The Balaban J connectivity index is 1.38. The summed E-state index contributed by atoms with van der Waals surface area (Å²) in [5.74, 6) is 1.09. The molecule has 1 aromatic carbocycles. The number of carbonyl (C=O) groups excluding carboxylic acids is 1. The third kappa shape index (κ3) is 3.37. The van der Waals surface area contributed by atoms with Gasteiger partial charge in [0, 0.05) is 12.3 Å². The number of pyridine rings is 1. The number of carbonyl (C=O) groups is 1. The lowest BCUT2D eigenvalue weighted by atomic mass is 10.1. The molecule has 0 aliphatic carbocycles. The molecule has 4 aromatic rings. The fourth-order valence-electron chi connectivity index (χ4n) is 3.93. The maximum absolute atomic E-state index is 13.0. The molecule has 0 unspecified atom stereocenters. The topological polar surface area (TPSA) is 102 Å². The highest BCUT2D eigenvalue weighted by Gasteiger charge is 2.28. The zero-order valence-electron chi connectivity index (χ0n) is 17.7. The lowest BCUT2D eigenvalue weighted by Crippen LogP contribution is -2.28. The number of aromatic amines is 1. The summed E-state index contributed by atoms with van der Waals surface area (Å²) in [7, 11) is 3.12. The van der Waals surface area contributed by atoms with Gasteiger partial charge in [-0.2, -0.15) is 0 Å². The molecule has 32 heavy (non-hydrogen) atoms. The second-order valence-electron chi connectivity index (χ2n) is 7.54. The summed E-state index contributed by atoms with van der Waals surface area (Å²) >= 11 is 0. The van der Waals surface area contributed by atoms with Crippen molar-refractivity contribution in [1.82, 2.24) is 24.5 Å². The van der Waals surface area contributed by atoms with E-state index in [-0.39, 0.29) is 24.4 Å². The van der Waals surface area contributed by atoms with Crippen molar-refractivity contribution < 1.29 is 14.3 Å². The summed E-state index contributed by atoms with van der Waals surface area (Å²) in [5, 5.41) is 3.07. The first-order valence-corrected chi connectivity index (χ1v) is 10.1. The van der Waals surface area contributed by atoms with Crippen LogP contribution in [-0.4, -0.2) is 44.6 Å². The van der Waals surface area contributed by atoms with Crippen LogP contribution in [0.5, 0.6) is 11.5 Å². The molecule has 3 aromatic heterocycles. The first-order chi connectivity index (χ1) is 15.6. The number of hydrogen-bond acceptors (Lipinski definition) is 6. The lowest BCUT2D eigenvalue weighted by molar-refractivity contribution is -0.131. The largest absolute Gasteiger partial charge is 0.493 e. The fourth-order valence-corrected chi connectivity index (χ4v) is 3.93. The van der Waals surface area contributed by atoms with Crippen LogP contribution in [0.4, 0.5) is 0 Å². The van der Waals surface area contributed by atoms with Crippen LogP contribution >= 0.6 is 0 Å². The number of ether oxygens (including phenoxy) is 2. The SMILES string of the molecule is COc1ccc(CC(=O)N2Cc3nc4cc(-c5ccccn5)[nH]n4c(=O)c3C2)cc1OC. The minimum absolute atomic E-state index is 0.0857. The molecule has 0 atom stereocenters. The number of fused-ring (bicyclic) bond motifs is 2. The molecule has 0 saturated heterocycles. The van der Waals surface area contributed by atoms with Crippen molar-refractivity contribution in [3.05, 3.63) is 75.8 Å². The van der Waals surface area contributed by atoms with E-state index >= 15 is 0 Å². The number of methoxy groups -OCH3 is 2. The van der Waals surface area contributed by atoms with Gasteiger partial charge in [0.2, 0.25) is 5.91 Å². The Bertz CT molecular complexity index is 1380. The Morgan fingerprint density at radius 2 is 1.94 bits per heavy atom. The number of nitrogens with one attached hydrogen (secondary N) is 1. The summed E-state index contributed by atoms with van der Waals surface area (Å²) in [6.07, 6.45) is 1.89. The number of rotatable bonds is 5. The molecule has 9 nitrogen and oxygen atoms in total. The van der Waals surface area contributed by atoms with Crippen LogP contribution in [0, 0.1) is 0 Å². The molecule has 0 spiro atoms. The quantitative estimate of drug-likeness (QED) is 0.520. The summed E-state index contributed by atoms with van der Waals surface area (Å²) in [4.78, 5) is 36.5. The highest BCUT2D eigenvalue weighted by Crippen LogP contribution is 2.28. The van der Waals surface area contributed by atoms with Gasteiger partial charge < -0.3 is 14.4 Å². The summed E-state index contributed by atoms with van der Waals surface area (Å²) < 4.78 is 12.0. The highest BCUT2D eigenvalue weighted by atomic mass is 16.5. The minimum atomic E-state index is -0.200. The summed E-state index contributed by atoms with van der Waals surface area (Å²) in [6, 6.07) is 12.8. The monoisotopic (exact) mass is 431 g/mol. The fraction of sp³-hybridized carbons (Fsp3) is 0.217. The van der Waals surface area contributed by atoms with Crippen molar-refractivity contribution in [2.45, 2.75) is 19.5 Å². The summed E-state index contributed by atoms with van der Waals surface area (Å²) in [6.45, 7) is 0.533. The third-order valence-electron chi connectivity index (χ3n) is 5.58. The van der Waals surface area contributed by atoms with Gasteiger partial charge in [0.25, 0.3) is 5.56 Å². The number of nitrogens with zero attached hydrogens (tertiary/aromatic N) is 4. The van der Waals surface area contributed by atoms with E-state index in [4.69, 9.17) is 9.47 Å². The molecule has 162 valence electrons. The van der Waals surface area contributed by atoms with Gasteiger partial charge in [0.1, 0.15) is 0 Å². The minimum Gasteiger partial charge on any atom is -0.493 e. The van der Waals surface area contributed by atoms with E-state index in [2.05, 4.69) is 15.1 Å². The van der Waals surface area contributed by atoms with E-state index in [0.717, 1.165) is 11.3 Å². The van der Waals surface area contributed by atoms with Crippen LogP contribution in [-0.2, 0) is 24.3 Å². The molecular weight excluding hydrogens is 410 g/mol. The van der Waals surface area contributed by atoms with Crippen molar-refractivity contribution in [3.63, 3.8) is 0 Å². The summed E-state index contributed by atoms with van der Waals surface area (Å²) in [5.41, 5.74) is 3.70. The van der Waals surface area contributed by atoms with Crippen LogP contribution in [0.3, 0.4) is 0 Å². The molecule has 0 saturated carbocycles. The second kappa shape index (κ2) is 7.84. The molecule has 0 radical (unpaired) electrons. The Kier molecular flexibility index (Phi) is 4.85. The molecule has 0 bridgehead atoms. The molecule has 5 rings (SSSR count). The highest BCUT2D eigenvalue weighted by molar-refractivity contribution is 5.79. The van der Waals surface area contributed by atoms with Gasteiger partial charge in [-0.15, -0.1) is 0 Å². The Morgan fingerprint density at radius 3 is 2.69 bits per heavy atom. The van der Waals surface area contributed by atoms with Gasteiger partial charge >= 0.3 is 0 Å². The number of aromatic nitrogens is 4. The van der Waals surface area contributed by atoms with Gasteiger partial charge in [0.15, 0.2) is 17.1 Å². The van der Waals surface area contributed by atoms with Crippen LogP contribution in [0.25, 0.3) is 17.0 Å². The molecule has 1 amide bonds. The molecule has 4 heterocycles. The second-order valence-corrected chi connectivity index (χ2v) is 7.54. The van der Waals surface area contributed by atoms with Crippen molar-refractivity contribution in [2.75, 3.05) is 14.2 Å². The number of hydrogen-bond donors (Lipinski definition) is 1. The van der Waals surface area contributed by atoms with Gasteiger partial charge in [-0.3, -0.25) is 19.7 Å². The first-order valence-electron chi connectivity index (χ1n) is 10.1. The third-order valence-corrected chi connectivity index (χ3v) is 5.58. The van der Waals surface area contributed by atoms with E-state index in [1.807, 2.05) is 24.3 Å².